The van der Waals surface area contributed by atoms with Gasteiger partial charge in [-0.2, -0.15) is 5.10 Å². The molecule has 24 heavy (non-hydrogen) atoms. The van der Waals surface area contributed by atoms with Crippen molar-refractivity contribution >= 4 is 11.3 Å². The van der Waals surface area contributed by atoms with Gasteiger partial charge in [0.2, 0.25) is 0 Å². The number of nitrogens with zero attached hydrogens (tertiary/aromatic N) is 5. The lowest BCUT2D eigenvalue weighted by Crippen LogP contribution is -2.24. The van der Waals surface area contributed by atoms with Crippen molar-refractivity contribution in [2.24, 2.45) is 0 Å². The van der Waals surface area contributed by atoms with Gasteiger partial charge in [0, 0.05) is 31.0 Å². The van der Waals surface area contributed by atoms with E-state index in [0.29, 0.717) is 6.61 Å². The minimum atomic E-state index is 0.185. The summed E-state index contributed by atoms with van der Waals surface area (Å²) < 4.78 is 13.2. The van der Waals surface area contributed by atoms with Gasteiger partial charge < -0.3 is 14.2 Å². The number of anilines is 1. The second-order valence-electron chi connectivity index (χ2n) is 6.34. The predicted octanol–water partition coefficient (Wildman–Crippen LogP) is 2.44. The van der Waals surface area contributed by atoms with Gasteiger partial charge in [-0.15, -0.1) is 0 Å². The molecule has 7 nitrogen and oxygen atoms in total. The van der Waals surface area contributed by atoms with Crippen LogP contribution in [-0.2, 0) is 11.3 Å². The van der Waals surface area contributed by atoms with E-state index in [4.69, 9.17) is 9.26 Å². The van der Waals surface area contributed by atoms with Crippen molar-refractivity contribution in [2.75, 3.05) is 18.0 Å². The Hall–Kier alpha value is -2.41. The number of aryl methyl sites for hydroxylation is 3. The Labute approximate surface area is 140 Å². The van der Waals surface area contributed by atoms with Gasteiger partial charge in [0.15, 0.2) is 5.82 Å². The molecule has 1 atom stereocenters. The Morgan fingerprint density at radius 1 is 1.33 bits per heavy atom. The summed E-state index contributed by atoms with van der Waals surface area (Å²) in [5.41, 5.74) is 4.00. The number of hydrogen-bond donors (Lipinski definition) is 0. The van der Waals surface area contributed by atoms with Crippen LogP contribution in [0.4, 0.5) is 5.82 Å². The van der Waals surface area contributed by atoms with E-state index < -0.39 is 0 Å². The minimum Gasteiger partial charge on any atom is -0.371 e. The Kier molecular flexibility index (Phi) is 3.72. The Morgan fingerprint density at radius 3 is 3.00 bits per heavy atom. The Balaban J connectivity index is 1.46. The summed E-state index contributed by atoms with van der Waals surface area (Å²) in [6, 6.07) is 2.07. The Morgan fingerprint density at radius 2 is 2.21 bits per heavy atom. The zero-order valence-corrected chi connectivity index (χ0v) is 14.2. The standard InChI is InChI=1S/C17H21N5O2/c1-11-8-16-17(18-5-7-22(16)19-11)21-6-4-14(9-21)23-10-15-12(2)20-24-13(15)3/h5,7-8,14H,4,6,9-10H2,1-3H3. The maximum absolute atomic E-state index is 6.09. The highest BCUT2D eigenvalue weighted by molar-refractivity contribution is 5.69. The number of aromatic nitrogens is 4. The molecule has 0 aromatic carbocycles. The molecule has 0 amide bonds. The molecule has 3 aromatic heterocycles. The first-order valence-corrected chi connectivity index (χ1v) is 8.21. The number of fused-ring (bicyclic) bond motifs is 1. The van der Waals surface area contributed by atoms with Gasteiger partial charge in [0.1, 0.15) is 11.3 Å². The normalized spacial score (nSPS) is 18.0. The van der Waals surface area contributed by atoms with Crippen LogP contribution in [0.25, 0.3) is 5.52 Å². The van der Waals surface area contributed by atoms with Crippen LogP contribution in [0.5, 0.6) is 0 Å². The van der Waals surface area contributed by atoms with E-state index in [0.717, 1.165) is 53.6 Å². The SMILES string of the molecule is Cc1cc2c(N3CCC(OCc4c(C)noc4C)C3)nccn2n1. The van der Waals surface area contributed by atoms with Crippen molar-refractivity contribution in [3.05, 3.63) is 41.2 Å². The van der Waals surface area contributed by atoms with Gasteiger partial charge in [-0.3, -0.25) is 0 Å². The van der Waals surface area contributed by atoms with Crippen molar-refractivity contribution in [1.82, 2.24) is 19.8 Å². The summed E-state index contributed by atoms with van der Waals surface area (Å²) in [4.78, 5) is 6.83. The molecule has 0 saturated carbocycles. The molecule has 4 heterocycles. The molecule has 0 N–H and O–H groups in total. The molecule has 0 aliphatic carbocycles. The van der Waals surface area contributed by atoms with Gasteiger partial charge in [-0.25, -0.2) is 9.50 Å². The fraction of sp³-hybridized carbons (Fsp3) is 0.471. The van der Waals surface area contributed by atoms with Crippen molar-refractivity contribution < 1.29 is 9.26 Å². The smallest absolute Gasteiger partial charge is 0.154 e. The lowest BCUT2D eigenvalue weighted by atomic mass is 10.2. The van der Waals surface area contributed by atoms with E-state index in [2.05, 4.69) is 26.2 Å². The third-order valence-corrected chi connectivity index (χ3v) is 4.58. The largest absolute Gasteiger partial charge is 0.371 e. The number of rotatable bonds is 4. The third-order valence-electron chi connectivity index (χ3n) is 4.58. The Bertz CT molecular complexity index is 850. The molecular weight excluding hydrogens is 306 g/mol. The lowest BCUT2D eigenvalue weighted by molar-refractivity contribution is 0.0544. The summed E-state index contributed by atoms with van der Waals surface area (Å²) in [7, 11) is 0. The maximum Gasteiger partial charge on any atom is 0.154 e. The average molecular weight is 327 g/mol. The number of hydrogen-bond acceptors (Lipinski definition) is 6. The summed E-state index contributed by atoms with van der Waals surface area (Å²) in [5.74, 6) is 1.81. The first-order valence-electron chi connectivity index (χ1n) is 8.21. The molecular formula is C17H21N5O2. The van der Waals surface area contributed by atoms with Crippen LogP contribution in [0.1, 0.15) is 29.1 Å². The van der Waals surface area contributed by atoms with Crippen molar-refractivity contribution in [3.63, 3.8) is 0 Å². The van der Waals surface area contributed by atoms with Crippen LogP contribution >= 0.6 is 0 Å². The van der Waals surface area contributed by atoms with Crippen molar-refractivity contribution in [1.29, 1.82) is 0 Å². The summed E-state index contributed by atoms with van der Waals surface area (Å²) in [5, 5.41) is 8.43. The fourth-order valence-corrected chi connectivity index (χ4v) is 3.24. The molecule has 0 spiro atoms. The fourth-order valence-electron chi connectivity index (χ4n) is 3.24. The highest BCUT2D eigenvalue weighted by Crippen LogP contribution is 2.25. The predicted molar refractivity (Wildman–Crippen MR) is 89.1 cm³/mol. The molecule has 0 radical (unpaired) electrons. The lowest BCUT2D eigenvalue weighted by Gasteiger charge is -2.18. The zero-order chi connectivity index (χ0) is 16.7. The van der Waals surface area contributed by atoms with Gasteiger partial charge in [0.25, 0.3) is 0 Å². The summed E-state index contributed by atoms with van der Waals surface area (Å²) >= 11 is 0. The maximum atomic E-state index is 6.09. The second kappa shape index (κ2) is 5.90. The topological polar surface area (TPSA) is 68.7 Å². The van der Waals surface area contributed by atoms with Crippen LogP contribution in [-0.4, -0.2) is 38.9 Å². The van der Waals surface area contributed by atoms with Crippen LogP contribution < -0.4 is 4.90 Å². The highest BCUT2D eigenvalue weighted by Gasteiger charge is 2.26. The van der Waals surface area contributed by atoms with Crippen LogP contribution in [0, 0.1) is 20.8 Å². The first-order chi connectivity index (χ1) is 11.6. The summed E-state index contributed by atoms with van der Waals surface area (Å²) in [6.07, 6.45) is 4.85. The van der Waals surface area contributed by atoms with E-state index >= 15 is 0 Å². The minimum absolute atomic E-state index is 0.185. The molecule has 126 valence electrons. The van der Waals surface area contributed by atoms with E-state index in [1.807, 2.05) is 31.5 Å². The zero-order valence-electron chi connectivity index (χ0n) is 14.2. The van der Waals surface area contributed by atoms with Crippen LogP contribution in [0.2, 0.25) is 0 Å². The molecule has 1 fully saturated rings. The monoisotopic (exact) mass is 327 g/mol. The molecule has 3 aromatic rings. The van der Waals surface area contributed by atoms with Crippen molar-refractivity contribution in [3.8, 4) is 0 Å². The van der Waals surface area contributed by atoms with Gasteiger partial charge in [0.05, 0.1) is 24.1 Å². The van der Waals surface area contributed by atoms with Crippen LogP contribution in [0.3, 0.4) is 0 Å². The second-order valence-corrected chi connectivity index (χ2v) is 6.34. The van der Waals surface area contributed by atoms with E-state index in [-0.39, 0.29) is 6.10 Å². The number of ether oxygens (including phenoxy) is 1. The van der Waals surface area contributed by atoms with Crippen molar-refractivity contribution in [2.45, 2.75) is 39.9 Å². The average Bonchev–Trinajstić information content (AvgIpc) is 3.24. The molecule has 4 rings (SSSR count). The van der Waals surface area contributed by atoms with E-state index in [1.54, 1.807) is 6.20 Å². The van der Waals surface area contributed by atoms with Gasteiger partial charge in [-0.05, 0) is 33.3 Å². The molecule has 1 unspecified atom stereocenters. The van der Waals surface area contributed by atoms with E-state index in [1.165, 1.54) is 0 Å². The molecule has 1 aliphatic heterocycles. The summed E-state index contributed by atoms with van der Waals surface area (Å²) in [6.45, 7) is 8.18. The van der Waals surface area contributed by atoms with E-state index in [9.17, 15) is 0 Å². The highest BCUT2D eigenvalue weighted by atomic mass is 16.5. The first kappa shape index (κ1) is 15.1. The van der Waals surface area contributed by atoms with Crippen LogP contribution in [0.15, 0.2) is 23.0 Å². The molecule has 0 bridgehead atoms. The third kappa shape index (κ3) is 2.65. The quantitative estimate of drug-likeness (QED) is 0.733. The molecule has 7 heteroatoms. The van der Waals surface area contributed by atoms with Gasteiger partial charge in [-0.1, -0.05) is 5.16 Å². The van der Waals surface area contributed by atoms with Gasteiger partial charge >= 0.3 is 0 Å². The molecule has 1 saturated heterocycles. The molecule has 1 aliphatic rings.